The maximum Gasteiger partial charge on any atom is 0.407 e. The van der Waals surface area contributed by atoms with E-state index in [-0.39, 0.29) is 25.0 Å². The third kappa shape index (κ3) is 6.53. The smallest absolute Gasteiger partial charge is 0.407 e. The Morgan fingerprint density at radius 3 is 2.47 bits per heavy atom. The molecule has 2 aromatic carbocycles. The van der Waals surface area contributed by atoms with Crippen molar-refractivity contribution in [3.05, 3.63) is 60.3 Å². The zero-order chi connectivity index (χ0) is 25.7. The molecule has 4 rings (SSSR count). The minimum absolute atomic E-state index is 0.0362. The van der Waals surface area contributed by atoms with E-state index in [0.717, 1.165) is 35.1 Å². The lowest BCUT2D eigenvalue weighted by atomic mass is 9.98. The van der Waals surface area contributed by atoms with Gasteiger partial charge in [0.15, 0.2) is 0 Å². The summed E-state index contributed by atoms with van der Waals surface area (Å²) in [7, 11) is 0. The van der Waals surface area contributed by atoms with E-state index in [0.29, 0.717) is 13.1 Å². The number of fused-ring (bicyclic) bond motifs is 1. The lowest BCUT2D eigenvalue weighted by Gasteiger charge is -2.32. The van der Waals surface area contributed by atoms with Crippen molar-refractivity contribution in [1.82, 2.24) is 15.2 Å². The molecule has 7 heteroatoms. The maximum atomic E-state index is 12.5. The topological polar surface area (TPSA) is 80.8 Å². The molecule has 0 unspecified atom stereocenters. The summed E-state index contributed by atoms with van der Waals surface area (Å²) in [6.07, 6.45) is 3.23. The maximum absolute atomic E-state index is 12.5. The number of pyridine rings is 1. The molecule has 1 aromatic heterocycles. The molecule has 1 fully saturated rings. The van der Waals surface area contributed by atoms with Crippen molar-refractivity contribution in [3.8, 4) is 16.9 Å². The second kappa shape index (κ2) is 11.0. The first kappa shape index (κ1) is 25.5. The van der Waals surface area contributed by atoms with Gasteiger partial charge < -0.3 is 19.7 Å². The molecular weight excluding hydrogens is 454 g/mol. The third-order valence-corrected chi connectivity index (χ3v) is 6.30. The number of aryl methyl sites for hydroxylation is 1. The summed E-state index contributed by atoms with van der Waals surface area (Å²) in [5, 5.41) is 3.78. The van der Waals surface area contributed by atoms with Crippen LogP contribution in [0.3, 0.4) is 0 Å². The van der Waals surface area contributed by atoms with Gasteiger partial charge in [-0.25, -0.2) is 4.79 Å². The Labute approximate surface area is 212 Å². The second-order valence-corrected chi connectivity index (χ2v) is 10.2. The summed E-state index contributed by atoms with van der Waals surface area (Å²) in [5.41, 5.74) is 3.94. The molecule has 190 valence electrons. The number of nitrogens with zero attached hydrogens (tertiary/aromatic N) is 2. The largest absolute Gasteiger partial charge is 0.490 e. The van der Waals surface area contributed by atoms with Gasteiger partial charge in [-0.3, -0.25) is 9.78 Å². The van der Waals surface area contributed by atoms with E-state index in [1.807, 2.05) is 50.1 Å². The van der Waals surface area contributed by atoms with Gasteiger partial charge in [0, 0.05) is 50.5 Å². The number of carbonyl (C=O) groups is 2. The van der Waals surface area contributed by atoms with Gasteiger partial charge in [0.1, 0.15) is 17.5 Å². The molecule has 0 atom stereocenters. The fourth-order valence-electron chi connectivity index (χ4n) is 4.48. The number of likely N-dealkylation sites (tertiary alicyclic amines) is 1. The Bertz CT molecular complexity index is 1210. The van der Waals surface area contributed by atoms with Crippen LogP contribution in [-0.2, 0) is 9.53 Å². The van der Waals surface area contributed by atoms with E-state index in [1.165, 1.54) is 11.1 Å². The SMILES string of the molecule is Cc1c(-c2ccc(OC3CCN(C(=O)CCNC(=O)OC(C)(C)C)CC3)cc2)ccc2cccnc12. The van der Waals surface area contributed by atoms with E-state index in [1.54, 1.807) is 0 Å². The first-order chi connectivity index (χ1) is 17.2. The highest BCUT2D eigenvalue weighted by atomic mass is 16.6. The van der Waals surface area contributed by atoms with Crippen LogP contribution in [0.2, 0.25) is 0 Å². The van der Waals surface area contributed by atoms with Crippen LogP contribution in [0.4, 0.5) is 4.79 Å². The quantitative estimate of drug-likeness (QED) is 0.495. The number of hydrogen-bond acceptors (Lipinski definition) is 5. The van der Waals surface area contributed by atoms with Crippen LogP contribution in [0.15, 0.2) is 54.7 Å². The summed E-state index contributed by atoms with van der Waals surface area (Å²) in [4.78, 5) is 30.6. The molecule has 2 heterocycles. The molecule has 1 aliphatic rings. The minimum atomic E-state index is -0.552. The molecule has 0 bridgehead atoms. The summed E-state index contributed by atoms with van der Waals surface area (Å²) in [5.74, 6) is 0.871. The monoisotopic (exact) mass is 489 g/mol. The highest BCUT2D eigenvalue weighted by Crippen LogP contribution is 2.30. The lowest BCUT2D eigenvalue weighted by molar-refractivity contribution is -0.132. The Morgan fingerprint density at radius 1 is 1.06 bits per heavy atom. The van der Waals surface area contributed by atoms with E-state index in [4.69, 9.17) is 9.47 Å². The zero-order valence-corrected chi connectivity index (χ0v) is 21.5. The average molecular weight is 490 g/mol. The fraction of sp³-hybridized carbons (Fsp3) is 0.414. The number of ether oxygens (including phenoxy) is 2. The molecule has 0 saturated carbocycles. The van der Waals surface area contributed by atoms with E-state index in [9.17, 15) is 9.59 Å². The molecule has 7 nitrogen and oxygen atoms in total. The van der Waals surface area contributed by atoms with Crippen LogP contribution in [0, 0.1) is 6.92 Å². The number of aromatic nitrogens is 1. The van der Waals surface area contributed by atoms with E-state index in [2.05, 4.69) is 47.6 Å². The normalized spacial score (nSPS) is 14.5. The molecule has 3 aromatic rings. The summed E-state index contributed by atoms with van der Waals surface area (Å²) < 4.78 is 11.4. The number of carbonyl (C=O) groups excluding carboxylic acids is 2. The second-order valence-electron chi connectivity index (χ2n) is 10.2. The third-order valence-electron chi connectivity index (χ3n) is 6.30. The lowest BCUT2D eigenvalue weighted by Crippen LogP contribution is -2.43. The van der Waals surface area contributed by atoms with Crippen LogP contribution in [0.5, 0.6) is 5.75 Å². The highest BCUT2D eigenvalue weighted by Gasteiger charge is 2.24. The van der Waals surface area contributed by atoms with E-state index < -0.39 is 11.7 Å². The van der Waals surface area contributed by atoms with Gasteiger partial charge in [0.25, 0.3) is 0 Å². The Balaban J connectivity index is 1.25. The molecule has 1 saturated heterocycles. The molecule has 2 amide bonds. The van der Waals surface area contributed by atoms with Crippen molar-refractivity contribution >= 4 is 22.9 Å². The molecule has 36 heavy (non-hydrogen) atoms. The van der Waals surface area contributed by atoms with Crippen molar-refractivity contribution in [2.45, 2.75) is 58.7 Å². The molecule has 0 aliphatic carbocycles. The van der Waals surface area contributed by atoms with Gasteiger partial charge in [-0.2, -0.15) is 0 Å². The predicted octanol–water partition coefficient (Wildman–Crippen LogP) is 5.49. The van der Waals surface area contributed by atoms with Gasteiger partial charge in [0.2, 0.25) is 5.91 Å². The number of rotatable bonds is 6. The van der Waals surface area contributed by atoms with Crippen molar-refractivity contribution in [2.24, 2.45) is 0 Å². The van der Waals surface area contributed by atoms with Gasteiger partial charge >= 0.3 is 6.09 Å². The van der Waals surface area contributed by atoms with Gasteiger partial charge in [-0.05, 0) is 62.6 Å². The number of hydrogen-bond donors (Lipinski definition) is 1. The number of amides is 2. The molecule has 1 N–H and O–H groups in total. The predicted molar refractivity (Wildman–Crippen MR) is 141 cm³/mol. The zero-order valence-electron chi connectivity index (χ0n) is 21.5. The van der Waals surface area contributed by atoms with Gasteiger partial charge in [-0.15, -0.1) is 0 Å². The van der Waals surface area contributed by atoms with Crippen LogP contribution >= 0.6 is 0 Å². The van der Waals surface area contributed by atoms with Gasteiger partial charge in [0.05, 0.1) is 5.52 Å². The summed E-state index contributed by atoms with van der Waals surface area (Å²) in [6, 6.07) is 16.5. The van der Waals surface area contributed by atoms with Gasteiger partial charge in [-0.1, -0.05) is 30.3 Å². The van der Waals surface area contributed by atoms with E-state index >= 15 is 0 Å². The Morgan fingerprint density at radius 2 is 1.78 bits per heavy atom. The molecule has 1 aliphatic heterocycles. The van der Waals surface area contributed by atoms with Crippen LogP contribution in [0.25, 0.3) is 22.0 Å². The highest BCUT2D eigenvalue weighted by molar-refractivity contribution is 5.88. The molecule has 0 spiro atoms. The first-order valence-electron chi connectivity index (χ1n) is 12.6. The molecular formula is C29H35N3O4. The first-order valence-corrected chi connectivity index (χ1v) is 12.6. The summed E-state index contributed by atoms with van der Waals surface area (Å²) >= 11 is 0. The number of nitrogens with one attached hydrogen (secondary N) is 1. The van der Waals surface area contributed by atoms with Crippen LogP contribution in [-0.4, -0.2) is 53.2 Å². The van der Waals surface area contributed by atoms with Crippen molar-refractivity contribution in [1.29, 1.82) is 0 Å². The molecule has 0 radical (unpaired) electrons. The standard InChI is InChI=1S/C29H35N3O4/c1-20-25(12-9-22-6-5-16-30-27(20)22)21-7-10-23(11-8-21)35-24-14-18-32(19-15-24)26(33)13-17-31-28(34)36-29(2,3)4/h5-12,16,24H,13-15,17-19H2,1-4H3,(H,31,34). The van der Waals surface area contributed by atoms with Crippen molar-refractivity contribution in [3.63, 3.8) is 0 Å². The van der Waals surface area contributed by atoms with Crippen LogP contribution < -0.4 is 10.1 Å². The van der Waals surface area contributed by atoms with Crippen molar-refractivity contribution < 1.29 is 19.1 Å². The number of piperidine rings is 1. The average Bonchev–Trinajstić information content (AvgIpc) is 2.84. The Kier molecular flexibility index (Phi) is 7.77. The van der Waals surface area contributed by atoms with Crippen LogP contribution in [0.1, 0.15) is 45.6 Å². The Hall–Kier alpha value is -3.61. The minimum Gasteiger partial charge on any atom is -0.490 e. The fourth-order valence-corrected chi connectivity index (χ4v) is 4.48. The van der Waals surface area contributed by atoms with Crippen molar-refractivity contribution in [2.75, 3.05) is 19.6 Å². The number of benzene rings is 2. The summed E-state index contributed by atoms with van der Waals surface area (Å²) in [6.45, 7) is 9.10. The number of alkyl carbamates (subject to hydrolysis) is 1.